The third-order valence-corrected chi connectivity index (χ3v) is 5.63. The molecule has 5 nitrogen and oxygen atoms in total. The molecular weight excluding hydrogens is 393 g/mol. The zero-order valence-corrected chi connectivity index (χ0v) is 16.8. The lowest BCUT2D eigenvalue weighted by atomic mass is 9.96. The Balaban J connectivity index is 1.68. The van der Waals surface area contributed by atoms with Crippen molar-refractivity contribution in [2.45, 2.75) is 38.1 Å². The minimum Gasteiger partial charge on any atom is -0.351 e. The van der Waals surface area contributed by atoms with Crippen molar-refractivity contribution >= 4 is 40.7 Å². The average molecular weight is 414 g/mol. The average Bonchev–Trinajstić information content (AvgIpc) is 2.73. The third kappa shape index (κ3) is 4.54. The summed E-state index contributed by atoms with van der Waals surface area (Å²) in [5, 5.41) is 7.71. The Kier molecular flexibility index (Phi) is 5.93. The van der Waals surface area contributed by atoms with Gasteiger partial charge in [-0.15, -0.1) is 0 Å². The summed E-state index contributed by atoms with van der Waals surface area (Å²) in [5.74, 6) is 1.23. The van der Waals surface area contributed by atoms with E-state index >= 15 is 0 Å². The van der Waals surface area contributed by atoms with Crippen LogP contribution in [0.3, 0.4) is 0 Å². The molecule has 0 radical (unpaired) electrons. The second-order valence-corrected chi connectivity index (χ2v) is 7.67. The van der Waals surface area contributed by atoms with Gasteiger partial charge in [-0.05, 0) is 37.1 Å². The Hall–Kier alpha value is -2.37. The SMILES string of the molecule is Clc1cccc(Nc2cc(-c3ccccn3)nc(NC3CCCCC3)n2)c1Cl. The van der Waals surface area contributed by atoms with Gasteiger partial charge in [-0.1, -0.05) is 54.6 Å². The molecule has 0 saturated heterocycles. The van der Waals surface area contributed by atoms with Gasteiger partial charge in [-0.3, -0.25) is 4.98 Å². The van der Waals surface area contributed by atoms with Gasteiger partial charge in [0.2, 0.25) is 5.95 Å². The van der Waals surface area contributed by atoms with Crippen molar-refractivity contribution in [3.05, 3.63) is 58.7 Å². The van der Waals surface area contributed by atoms with Crippen LogP contribution in [0.25, 0.3) is 11.4 Å². The van der Waals surface area contributed by atoms with E-state index in [1.165, 1.54) is 19.3 Å². The normalized spacial score (nSPS) is 14.6. The van der Waals surface area contributed by atoms with Gasteiger partial charge in [-0.25, -0.2) is 4.98 Å². The van der Waals surface area contributed by atoms with Crippen LogP contribution in [0, 0.1) is 0 Å². The number of hydrogen-bond donors (Lipinski definition) is 2. The van der Waals surface area contributed by atoms with Crippen LogP contribution in [-0.4, -0.2) is 21.0 Å². The van der Waals surface area contributed by atoms with E-state index < -0.39 is 0 Å². The maximum absolute atomic E-state index is 6.33. The van der Waals surface area contributed by atoms with Crippen molar-refractivity contribution in [3.8, 4) is 11.4 Å². The molecule has 4 rings (SSSR count). The summed E-state index contributed by atoms with van der Waals surface area (Å²) in [6.45, 7) is 0. The first-order valence-electron chi connectivity index (χ1n) is 9.47. The van der Waals surface area contributed by atoms with Crippen molar-refractivity contribution in [1.82, 2.24) is 15.0 Å². The lowest BCUT2D eigenvalue weighted by molar-refractivity contribution is 0.461. The molecule has 7 heteroatoms. The summed E-state index contributed by atoms with van der Waals surface area (Å²) in [4.78, 5) is 13.8. The van der Waals surface area contributed by atoms with Gasteiger partial charge in [0, 0.05) is 18.3 Å². The molecule has 28 heavy (non-hydrogen) atoms. The Morgan fingerprint density at radius 3 is 2.54 bits per heavy atom. The van der Waals surface area contributed by atoms with Gasteiger partial charge in [0.1, 0.15) is 5.82 Å². The van der Waals surface area contributed by atoms with E-state index in [9.17, 15) is 0 Å². The Morgan fingerprint density at radius 1 is 0.893 bits per heavy atom. The highest BCUT2D eigenvalue weighted by Gasteiger charge is 2.16. The molecule has 3 aromatic rings. The summed E-state index contributed by atoms with van der Waals surface area (Å²) >= 11 is 12.5. The summed E-state index contributed by atoms with van der Waals surface area (Å²) in [6, 6.07) is 13.5. The molecule has 144 valence electrons. The molecule has 1 fully saturated rings. The summed E-state index contributed by atoms with van der Waals surface area (Å²) in [7, 11) is 0. The number of hydrogen-bond acceptors (Lipinski definition) is 5. The Bertz CT molecular complexity index is 943. The van der Waals surface area contributed by atoms with E-state index in [0.717, 1.165) is 24.2 Å². The molecule has 1 aliphatic carbocycles. The standard InChI is InChI=1S/C21H21Cl2N5/c22-15-9-6-11-17(20(15)23)26-19-13-18(16-10-4-5-12-24-16)27-21(28-19)25-14-7-2-1-3-8-14/h4-6,9-14H,1-3,7-8H2,(H2,25,26,27,28). The van der Waals surface area contributed by atoms with Crippen molar-refractivity contribution in [1.29, 1.82) is 0 Å². The van der Waals surface area contributed by atoms with E-state index in [4.69, 9.17) is 28.2 Å². The number of nitrogens with one attached hydrogen (secondary N) is 2. The van der Waals surface area contributed by atoms with Crippen LogP contribution in [0.4, 0.5) is 17.5 Å². The highest BCUT2D eigenvalue weighted by Crippen LogP contribution is 2.32. The summed E-state index contributed by atoms with van der Waals surface area (Å²) in [6.07, 6.45) is 7.81. The van der Waals surface area contributed by atoms with Gasteiger partial charge in [0.05, 0.1) is 27.1 Å². The summed E-state index contributed by atoms with van der Waals surface area (Å²) in [5.41, 5.74) is 2.23. The first-order valence-corrected chi connectivity index (χ1v) is 10.2. The molecule has 1 aliphatic rings. The number of nitrogens with zero attached hydrogens (tertiary/aromatic N) is 3. The topological polar surface area (TPSA) is 62.7 Å². The van der Waals surface area contributed by atoms with E-state index in [1.807, 2.05) is 36.4 Å². The van der Waals surface area contributed by atoms with Crippen molar-refractivity contribution < 1.29 is 0 Å². The van der Waals surface area contributed by atoms with Crippen LogP contribution in [0.15, 0.2) is 48.7 Å². The fourth-order valence-electron chi connectivity index (χ4n) is 3.39. The maximum atomic E-state index is 6.33. The molecule has 0 spiro atoms. The van der Waals surface area contributed by atoms with Crippen molar-refractivity contribution in [3.63, 3.8) is 0 Å². The molecule has 0 bridgehead atoms. The first kappa shape index (κ1) is 19.0. The quantitative estimate of drug-likeness (QED) is 0.511. The van der Waals surface area contributed by atoms with Crippen LogP contribution < -0.4 is 10.6 Å². The van der Waals surface area contributed by atoms with Gasteiger partial charge in [-0.2, -0.15) is 4.98 Å². The molecule has 0 atom stereocenters. The van der Waals surface area contributed by atoms with E-state index in [2.05, 4.69) is 20.6 Å². The maximum Gasteiger partial charge on any atom is 0.225 e. The molecule has 2 heterocycles. The smallest absolute Gasteiger partial charge is 0.225 e. The van der Waals surface area contributed by atoms with E-state index in [1.54, 1.807) is 12.3 Å². The van der Waals surface area contributed by atoms with Crippen LogP contribution >= 0.6 is 23.2 Å². The third-order valence-electron chi connectivity index (χ3n) is 4.81. The van der Waals surface area contributed by atoms with Crippen LogP contribution in [0.2, 0.25) is 10.0 Å². The Morgan fingerprint density at radius 2 is 1.75 bits per heavy atom. The first-order chi connectivity index (χ1) is 13.7. The molecule has 0 unspecified atom stereocenters. The number of rotatable bonds is 5. The van der Waals surface area contributed by atoms with Crippen LogP contribution in [0.5, 0.6) is 0 Å². The minimum atomic E-state index is 0.398. The monoisotopic (exact) mass is 413 g/mol. The molecule has 0 aliphatic heterocycles. The second-order valence-electron chi connectivity index (χ2n) is 6.88. The molecule has 0 amide bonds. The van der Waals surface area contributed by atoms with E-state index in [-0.39, 0.29) is 0 Å². The van der Waals surface area contributed by atoms with Gasteiger partial charge in [0.15, 0.2) is 0 Å². The van der Waals surface area contributed by atoms with Crippen LogP contribution in [-0.2, 0) is 0 Å². The second kappa shape index (κ2) is 8.76. The Labute approximate surface area is 174 Å². The van der Waals surface area contributed by atoms with Crippen LogP contribution in [0.1, 0.15) is 32.1 Å². The number of anilines is 3. The molecule has 2 N–H and O–H groups in total. The molecule has 1 saturated carbocycles. The number of pyridine rings is 1. The lowest BCUT2D eigenvalue weighted by Crippen LogP contribution is -2.23. The van der Waals surface area contributed by atoms with Crippen molar-refractivity contribution in [2.24, 2.45) is 0 Å². The fraction of sp³-hybridized carbons (Fsp3) is 0.286. The predicted octanol–water partition coefficient (Wildman–Crippen LogP) is 6.33. The predicted molar refractivity (Wildman–Crippen MR) is 116 cm³/mol. The summed E-state index contributed by atoms with van der Waals surface area (Å²) < 4.78 is 0. The van der Waals surface area contributed by atoms with Crippen molar-refractivity contribution in [2.75, 3.05) is 10.6 Å². The highest BCUT2D eigenvalue weighted by atomic mass is 35.5. The number of halogens is 2. The fourth-order valence-corrected chi connectivity index (χ4v) is 3.74. The molecule has 1 aromatic carbocycles. The minimum absolute atomic E-state index is 0.398. The largest absolute Gasteiger partial charge is 0.351 e. The zero-order chi connectivity index (χ0) is 19.3. The van der Waals surface area contributed by atoms with E-state index in [0.29, 0.717) is 33.5 Å². The molecular formula is C21H21Cl2N5. The zero-order valence-electron chi connectivity index (χ0n) is 15.3. The highest BCUT2D eigenvalue weighted by molar-refractivity contribution is 6.43. The number of benzene rings is 1. The lowest BCUT2D eigenvalue weighted by Gasteiger charge is -2.23. The van der Waals surface area contributed by atoms with Gasteiger partial charge >= 0.3 is 0 Å². The molecule has 2 aromatic heterocycles. The van der Waals surface area contributed by atoms with Gasteiger partial charge < -0.3 is 10.6 Å². The van der Waals surface area contributed by atoms with Gasteiger partial charge in [0.25, 0.3) is 0 Å². The number of aromatic nitrogens is 3.